The van der Waals surface area contributed by atoms with Gasteiger partial charge in [-0.05, 0) is 42.0 Å². The quantitative estimate of drug-likeness (QED) is 0.479. The van der Waals surface area contributed by atoms with E-state index in [1.807, 2.05) is 83.8 Å². The molecule has 1 N–H and O–H groups in total. The highest BCUT2D eigenvalue weighted by atomic mass is 35.5. The van der Waals surface area contributed by atoms with Crippen molar-refractivity contribution in [2.75, 3.05) is 12.0 Å². The maximum atomic E-state index is 13.4. The molecule has 0 aliphatic carbocycles. The highest BCUT2D eigenvalue weighted by Gasteiger charge is 2.43. The van der Waals surface area contributed by atoms with Gasteiger partial charge in [-0.25, -0.2) is 0 Å². The van der Waals surface area contributed by atoms with Crippen LogP contribution in [0.1, 0.15) is 27.7 Å². The van der Waals surface area contributed by atoms with Gasteiger partial charge in [0.25, 0.3) is 5.91 Å². The summed E-state index contributed by atoms with van der Waals surface area (Å²) in [5.41, 5.74) is 4.81. The molecule has 6 heteroatoms. The van der Waals surface area contributed by atoms with E-state index in [4.69, 9.17) is 16.3 Å². The first-order valence-corrected chi connectivity index (χ1v) is 9.92. The summed E-state index contributed by atoms with van der Waals surface area (Å²) in [4.78, 5) is 15.2. The first-order valence-electron chi connectivity index (χ1n) is 9.54. The van der Waals surface area contributed by atoms with Gasteiger partial charge in [-0.1, -0.05) is 54.1 Å². The van der Waals surface area contributed by atoms with Crippen molar-refractivity contribution in [3.05, 3.63) is 101 Å². The number of amides is 1. The fourth-order valence-corrected chi connectivity index (χ4v) is 4.06. The monoisotopic (exact) mass is 415 g/mol. The summed E-state index contributed by atoms with van der Waals surface area (Å²) in [5.74, 6) is 0.657. The summed E-state index contributed by atoms with van der Waals surface area (Å²) in [6.45, 7) is 0. The zero-order valence-electron chi connectivity index (χ0n) is 16.2. The molecular weight excluding hydrogens is 398 g/mol. The molecule has 4 aromatic rings. The number of carbonyl (C=O) groups is 1. The average molecular weight is 416 g/mol. The van der Waals surface area contributed by atoms with Gasteiger partial charge in [0.2, 0.25) is 0 Å². The lowest BCUT2D eigenvalue weighted by Crippen LogP contribution is -2.29. The van der Waals surface area contributed by atoms with Crippen molar-refractivity contribution >= 4 is 23.2 Å². The molecule has 0 radical (unpaired) electrons. The SMILES string of the molecule is COc1ccc(C2c3c(-c4ccc(Cl)cc4)n[nH]c3C(=O)N2c2ccccc2)cc1. The van der Waals surface area contributed by atoms with E-state index in [1.165, 1.54) is 0 Å². The largest absolute Gasteiger partial charge is 0.497 e. The second kappa shape index (κ2) is 7.35. The number of para-hydroxylation sites is 1. The van der Waals surface area contributed by atoms with Crippen molar-refractivity contribution in [2.24, 2.45) is 0 Å². The Morgan fingerprint density at radius 2 is 1.67 bits per heavy atom. The summed E-state index contributed by atoms with van der Waals surface area (Å²) in [5, 5.41) is 8.11. The second-order valence-corrected chi connectivity index (χ2v) is 7.49. The van der Waals surface area contributed by atoms with Crippen LogP contribution in [0.25, 0.3) is 11.3 Å². The van der Waals surface area contributed by atoms with E-state index < -0.39 is 0 Å². The van der Waals surface area contributed by atoms with Gasteiger partial charge in [0.15, 0.2) is 0 Å². The van der Waals surface area contributed by atoms with Crippen LogP contribution in [0.5, 0.6) is 5.75 Å². The number of rotatable bonds is 4. The molecule has 1 aliphatic rings. The Morgan fingerprint density at radius 3 is 2.33 bits per heavy atom. The van der Waals surface area contributed by atoms with Gasteiger partial charge in [0, 0.05) is 21.8 Å². The highest BCUT2D eigenvalue weighted by Crippen LogP contribution is 2.45. The highest BCUT2D eigenvalue weighted by molar-refractivity contribution is 6.30. The Balaban J connectivity index is 1.70. The van der Waals surface area contributed by atoms with Crippen molar-refractivity contribution in [3.63, 3.8) is 0 Å². The van der Waals surface area contributed by atoms with Crippen LogP contribution in [0.4, 0.5) is 5.69 Å². The molecule has 1 amide bonds. The molecule has 5 nitrogen and oxygen atoms in total. The van der Waals surface area contributed by atoms with Crippen molar-refractivity contribution in [1.29, 1.82) is 0 Å². The number of ether oxygens (including phenoxy) is 1. The zero-order valence-corrected chi connectivity index (χ0v) is 16.9. The number of methoxy groups -OCH3 is 1. The number of anilines is 1. The molecule has 2 heterocycles. The minimum Gasteiger partial charge on any atom is -0.497 e. The van der Waals surface area contributed by atoms with Crippen molar-refractivity contribution < 1.29 is 9.53 Å². The third-order valence-electron chi connectivity index (χ3n) is 5.35. The van der Waals surface area contributed by atoms with Gasteiger partial charge >= 0.3 is 0 Å². The Labute approximate surface area is 178 Å². The smallest absolute Gasteiger partial charge is 0.277 e. The maximum absolute atomic E-state index is 13.4. The summed E-state index contributed by atoms with van der Waals surface area (Å²) < 4.78 is 5.31. The lowest BCUT2D eigenvalue weighted by molar-refractivity contribution is 0.0989. The molecule has 1 unspecified atom stereocenters. The minimum absolute atomic E-state index is 0.107. The molecule has 30 heavy (non-hydrogen) atoms. The van der Waals surface area contributed by atoms with Crippen LogP contribution in [-0.2, 0) is 0 Å². The number of nitrogens with zero attached hydrogens (tertiary/aromatic N) is 2. The van der Waals surface area contributed by atoms with Crippen LogP contribution in [0.2, 0.25) is 5.02 Å². The molecule has 0 saturated heterocycles. The molecular formula is C24H18ClN3O2. The number of aromatic nitrogens is 2. The standard InChI is InChI=1S/C24H18ClN3O2/c1-30-19-13-9-16(10-14-19)23-20-21(15-7-11-17(25)12-8-15)26-27-22(20)24(29)28(23)18-5-3-2-4-6-18/h2-14,23H,1H3,(H,26,27). The molecule has 0 fully saturated rings. The second-order valence-electron chi connectivity index (χ2n) is 7.05. The first kappa shape index (κ1) is 18.5. The number of hydrogen-bond acceptors (Lipinski definition) is 3. The average Bonchev–Trinajstić information content (AvgIpc) is 3.34. The van der Waals surface area contributed by atoms with Gasteiger partial charge in [-0.3, -0.25) is 14.8 Å². The lowest BCUT2D eigenvalue weighted by Gasteiger charge is -2.26. The zero-order chi connectivity index (χ0) is 20.7. The van der Waals surface area contributed by atoms with Gasteiger partial charge < -0.3 is 4.74 Å². The Hall–Kier alpha value is -3.57. The number of hydrogen-bond donors (Lipinski definition) is 1. The fourth-order valence-electron chi connectivity index (χ4n) is 3.93. The van der Waals surface area contributed by atoms with E-state index >= 15 is 0 Å². The van der Waals surface area contributed by atoms with Gasteiger partial charge in [-0.2, -0.15) is 5.10 Å². The summed E-state index contributed by atoms with van der Waals surface area (Å²) >= 11 is 6.07. The number of benzene rings is 3. The molecule has 5 rings (SSSR count). The Bertz CT molecular complexity index is 1200. The maximum Gasteiger partial charge on any atom is 0.277 e. The molecule has 148 valence electrons. The number of halogens is 1. The molecule has 3 aromatic carbocycles. The van der Waals surface area contributed by atoms with Crippen molar-refractivity contribution in [3.8, 4) is 17.0 Å². The van der Waals surface area contributed by atoms with E-state index in [0.29, 0.717) is 10.7 Å². The number of carbonyl (C=O) groups excluding carboxylic acids is 1. The van der Waals surface area contributed by atoms with E-state index in [-0.39, 0.29) is 11.9 Å². The number of nitrogens with one attached hydrogen (secondary N) is 1. The van der Waals surface area contributed by atoms with Crippen LogP contribution in [0, 0.1) is 0 Å². The van der Waals surface area contributed by atoms with E-state index in [0.717, 1.165) is 33.8 Å². The van der Waals surface area contributed by atoms with Crippen LogP contribution >= 0.6 is 11.6 Å². The van der Waals surface area contributed by atoms with Crippen molar-refractivity contribution in [1.82, 2.24) is 10.2 Å². The predicted molar refractivity (Wildman–Crippen MR) is 117 cm³/mol. The van der Waals surface area contributed by atoms with Gasteiger partial charge in [0.05, 0.1) is 18.8 Å². The van der Waals surface area contributed by atoms with E-state index in [2.05, 4.69) is 10.2 Å². The predicted octanol–water partition coefficient (Wildman–Crippen LogP) is 5.49. The molecule has 1 atom stereocenters. The van der Waals surface area contributed by atoms with Crippen LogP contribution in [0.15, 0.2) is 78.9 Å². The Kier molecular flexibility index (Phi) is 4.52. The number of aromatic amines is 1. The van der Waals surface area contributed by atoms with E-state index in [9.17, 15) is 4.79 Å². The summed E-state index contributed by atoms with van der Waals surface area (Å²) in [6.07, 6.45) is 0. The fraction of sp³-hybridized carbons (Fsp3) is 0.0833. The van der Waals surface area contributed by atoms with Gasteiger partial charge in [-0.15, -0.1) is 0 Å². The number of fused-ring (bicyclic) bond motifs is 1. The topological polar surface area (TPSA) is 58.2 Å². The van der Waals surface area contributed by atoms with Gasteiger partial charge in [0.1, 0.15) is 11.4 Å². The first-order chi connectivity index (χ1) is 14.7. The third-order valence-corrected chi connectivity index (χ3v) is 5.60. The lowest BCUT2D eigenvalue weighted by atomic mass is 9.96. The van der Waals surface area contributed by atoms with Crippen LogP contribution in [-0.4, -0.2) is 23.2 Å². The molecule has 1 aliphatic heterocycles. The summed E-state index contributed by atoms with van der Waals surface area (Å²) in [6, 6.07) is 24.6. The van der Waals surface area contributed by atoms with E-state index in [1.54, 1.807) is 7.11 Å². The molecule has 0 bridgehead atoms. The number of H-pyrrole nitrogens is 1. The summed E-state index contributed by atoms with van der Waals surface area (Å²) in [7, 11) is 1.64. The van der Waals surface area contributed by atoms with Crippen LogP contribution in [0.3, 0.4) is 0 Å². The molecule has 1 aromatic heterocycles. The third kappa shape index (κ3) is 2.95. The molecule has 0 spiro atoms. The van der Waals surface area contributed by atoms with Crippen LogP contribution < -0.4 is 9.64 Å². The molecule has 0 saturated carbocycles. The minimum atomic E-state index is -0.315. The van der Waals surface area contributed by atoms with Crippen molar-refractivity contribution in [2.45, 2.75) is 6.04 Å². The normalized spacial score (nSPS) is 15.3. The Morgan fingerprint density at radius 1 is 0.967 bits per heavy atom.